The van der Waals surface area contributed by atoms with Gasteiger partial charge in [-0.15, -0.1) is 36.2 Å². The molecule has 1 aromatic heterocycles. The fourth-order valence-electron chi connectivity index (χ4n) is 3.13. The maximum atomic E-state index is 12.2. The first-order valence-corrected chi connectivity index (χ1v) is 9.48. The van der Waals surface area contributed by atoms with Gasteiger partial charge in [0.25, 0.3) is 0 Å². The fraction of sp³-hybridized carbons (Fsp3) is 0.444. The molecular weight excluding hydrogens is 409 g/mol. The molecule has 2 N–H and O–H groups in total. The van der Waals surface area contributed by atoms with Crippen molar-refractivity contribution in [3.05, 3.63) is 29.3 Å². The highest BCUT2D eigenvalue weighted by atomic mass is 35.5. The van der Waals surface area contributed by atoms with E-state index in [4.69, 9.17) is 9.47 Å². The normalized spacial score (nSPS) is 17.6. The predicted molar refractivity (Wildman–Crippen MR) is 110 cm³/mol. The van der Waals surface area contributed by atoms with Gasteiger partial charge in [0.2, 0.25) is 12.7 Å². The molecule has 1 unspecified atom stereocenters. The highest BCUT2D eigenvalue weighted by Gasteiger charge is 2.17. The number of carbonyl (C=O) groups excluding carboxylic acids is 1. The number of aromatic nitrogens is 1. The number of fused-ring (bicyclic) bond motifs is 1. The Morgan fingerprint density at radius 1 is 1.30 bits per heavy atom. The summed E-state index contributed by atoms with van der Waals surface area (Å²) in [7, 11) is 0. The van der Waals surface area contributed by atoms with E-state index in [0.717, 1.165) is 47.4 Å². The average Bonchev–Trinajstić information content (AvgIpc) is 3.29. The van der Waals surface area contributed by atoms with Crippen molar-refractivity contribution in [2.75, 3.05) is 26.4 Å². The van der Waals surface area contributed by atoms with Crippen molar-refractivity contribution in [3.8, 4) is 22.1 Å². The SMILES string of the molecule is Cl.Cl.O=C(Cc1csc(-c2ccc3c(c2)OCO3)n1)NCC1CCCNC1. The predicted octanol–water partition coefficient (Wildman–Crippen LogP) is 3.04. The van der Waals surface area contributed by atoms with Gasteiger partial charge in [-0.25, -0.2) is 4.98 Å². The summed E-state index contributed by atoms with van der Waals surface area (Å²) in [6, 6.07) is 5.79. The fourth-order valence-corrected chi connectivity index (χ4v) is 3.95. The lowest BCUT2D eigenvalue weighted by Gasteiger charge is -2.22. The first-order valence-electron chi connectivity index (χ1n) is 8.60. The molecule has 1 fully saturated rings. The molecule has 6 nitrogen and oxygen atoms in total. The van der Waals surface area contributed by atoms with Gasteiger partial charge >= 0.3 is 0 Å². The van der Waals surface area contributed by atoms with Gasteiger partial charge in [0.15, 0.2) is 11.5 Å². The minimum atomic E-state index is 0. The first kappa shape index (κ1) is 21.8. The van der Waals surface area contributed by atoms with E-state index < -0.39 is 0 Å². The van der Waals surface area contributed by atoms with E-state index in [1.165, 1.54) is 24.2 Å². The molecule has 1 amide bonds. The Kier molecular flexibility index (Phi) is 8.16. The van der Waals surface area contributed by atoms with Crippen LogP contribution < -0.4 is 20.1 Å². The molecule has 1 atom stereocenters. The van der Waals surface area contributed by atoms with Crippen LogP contribution in [0, 0.1) is 5.92 Å². The number of nitrogens with zero attached hydrogens (tertiary/aromatic N) is 1. The number of piperidine rings is 1. The quantitative estimate of drug-likeness (QED) is 0.760. The molecule has 2 aliphatic rings. The van der Waals surface area contributed by atoms with Crippen LogP contribution in [0.4, 0.5) is 0 Å². The third kappa shape index (κ3) is 5.48. The number of hydrogen-bond acceptors (Lipinski definition) is 6. The van der Waals surface area contributed by atoms with Gasteiger partial charge < -0.3 is 20.1 Å². The molecule has 148 valence electrons. The summed E-state index contributed by atoms with van der Waals surface area (Å²) in [6.45, 7) is 3.08. The van der Waals surface area contributed by atoms with E-state index in [1.807, 2.05) is 23.6 Å². The van der Waals surface area contributed by atoms with Crippen LogP contribution in [-0.2, 0) is 11.2 Å². The van der Waals surface area contributed by atoms with Crippen molar-refractivity contribution in [2.45, 2.75) is 19.3 Å². The van der Waals surface area contributed by atoms with Crippen LogP contribution in [0.15, 0.2) is 23.6 Å². The molecule has 2 aliphatic heterocycles. The van der Waals surface area contributed by atoms with Crippen LogP contribution in [0.1, 0.15) is 18.5 Å². The number of hydrogen-bond donors (Lipinski definition) is 2. The standard InChI is InChI=1S/C18H21N3O3S.2ClH/c22-17(20-9-12-2-1-5-19-8-12)7-14-10-25-18(21-14)13-3-4-15-16(6-13)24-11-23-15;;/h3-4,6,10,12,19H,1-2,5,7-9,11H2,(H,20,22);2*1H. The van der Waals surface area contributed by atoms with Gasteiger partial charge in [-0.3, -0.25) is 4.79 Å². The number of ether oxygens (including phenoxy) is 2. The van der Waals surface area contributed by atoms with Crippen LogP contribution in [-0.4, -0.2) is 37.3 Å². The summed E-state index contributed by atoms with van der Waals surface area (Å²) in [5.74, 6) is 2.08. The van der Waals surface area contributed by atoms with Crippen molar-refractivity contribution in [1.82, 2.24) is 15.6 Å². The average molecular weight is 432 g/mol. The number of carbonyl (C=O) groups is 1. The van der Waals surface area contributed by atoms with E-state index in [0.29, 0.717) is 12.3 Å². The largest absolute Gasteiger partial charge is 0.454 e. The second kappa shape index (κ2) is 10.1. The zero-order chi connectivity index (χ0) is 17.1. The van der Waals surface area contributed by atoms with Crippen LogP contribution in [0.2, 0.25) is 0 Å². The van der Waals surface area contributed by atoms with Crippen LogP contribution in [0.25, 0.3) is 10.6 Å². The van der Waals surface area contributed by atoms with Gasteiger partial charge in [0.05, 0.1) is 12.1 Å². The molecule has 27 heavy (non-hydrogen) atoms. The van der Waals surface area contributed by atoms with Gasteiger partial charge in [-0.2, -0.15) is 0 Å². The molecular formula is C18H23Cl2N3O3S. The maximum absolute atomic E-state index is 12.2. The van der Waals surface area contributed by atoms with E-state index in [9.17, 15) is 4.79 Å². The molecule has 1 aromatic carbocycles. The Balaban J connectivity index is 0.00000131. The molecule has 0 radical (unpaired) electrons. The van der Waals surface area contributed by atoms with Gasteiger partial charge in [0, 0.05) is 17.5 Å². The summed E-state index contributed by atoms with van der Waals surface area (Å²) in [5, 5.41) is 9.23. The Hall–Kier alpha value is -1.54. The number of thiazole rings is 1. The number of benzene rings is 1. The molecule has 9 heteroatoms. The second-order valence-corrected chi connectivity index (χ2v) is 7.26. The molecule has 2 aromatic rings. The minimum absolute atomic E-state index is 0. The monoisotopic (exact) mass is 431 g/mol. The van der Waals surface area contributed by atoms with E-state index in [1.54, 1.807) is 0 Å². The Morgan fingerprint density at radius 2 is 2.15 bits per heavy atom. The number of nitrogens with one attached hydrogen (secondary N) is 2. The van der Waals surface area contributed by atoms with Crippen LogP contribution in [0.3, 0.4) is 0 Å². The Labute approximate surface area is 174 Å². The summed E-state index contributed by atoms with van der Waals surface area (Å²) < 4.78 is 10.7. The highest BCUT2D eigenvalue weighted by Crippen LogP contribution is 2.36. The van der Waals surface area contributed by atoms with Crippen molar-refractivity contribution in [3.63, 3.8) is 0 Å². The summed E-state index contributed by atoms with van der Waals surface area (Å²) in [5.41, 5.74) is 1.78. The van der Waals surface area contributed by atoms with E-state index >= 15 is 0 Å². The van der Waals surface area contributed by atoms with Crippen molar-refractivity contribution < 1.29 is 14.3 Å². The lowest BCUT2D eigenvalue weighted by molar-refractivity contribution is -0.120. The van der Waals surface area contributed by atoms with Gasteiger partial charge in [-0.05, 0) is 50.0 Å². The molecule has 1 saturated heterocycles. The lowest BCUT2D eigenvalue weighted by Crippen LogP contribution is -2.38. The molecule has 4 rings (SSSR count). The third-order valence-electron chi connectivity index (χ3n) is 4.50. The number of amides is 1. The minimum Gasteiger partial charge on any atom is -0.454 e. The highest BCUT2D eigenvalue weighted by molar-refractivity contribution is 7.13. The number of halogens is 2. The Bertz CT molecular complexity index is 766. The van der Waals surface area contributed by atoms with E-state index in [2.05, 4.69) is 15.6 Å². The van der Waals surface area contributed by atoms with Crippen molar-refractivity contribution in [2.24, 2.45) is 5.92 Å². The molecule has 0 saturated carbocycles. The maximum Gasteiger partial charge on any atom is 0.231 e. The summed E-state index contributed by atoms with van der Waals surface area (Å²) in [6.07, 6.45) is 2.69. The summed E-state index contributed by atoms with van der Waals surface area (Å²) in [4.78, 5) is 16.7. The molecule has 0 spiro atoms. The zero-order valence-electron chi connectivity index (χ0n) is 14.7. The van der Waals surface area contributed by atoms with E-state index in [-0.39, 0.29) is 37.5 Å². The van der Waals surface area contributed by atoms with Crippen LogP contribution >= 0.6 is 36.2 Å². The lowest BCUT2D eigenvalue weighted by atomic mass is 10.00. The van der Waals surface area contributed by atoms with Gasteiger partial charge in [0.1, 0.15) is 5.01 Å². The number of rotatable bonds is 5. The first-order chi connectivity index (χ1) is 12.3. The summed E-state index contributed by atoms with van der Waals surface area (Å²) >= 11 is 1.54. The van der Waals surface area contributed by atoms with Crippen molar-refractivity contribution in [1.29, 1.82) is 0 Å². The molecule has 3 heterocycles. The second-order valence-electron chi connectivity index (χ2n) is 6.41. The van der Waals surface area contributed by atoms with Gasteiger partial charge in [-0.1, -0.05) is 0 Å². The van der Waals surface area contributed by atoms with Crippen molar-refractivity contribution >= 4 is 42.1 Å². The topological polar surface area (TPSA) is 72.5 Å². The van der Waals surface area contributed by atoms with Crippen LogP contribution in [0.5, 0.6) is 11.5 Å². The molecule has 0 aliphatic carbocycles. The zero-order valence-corrected chi connectivity index (χ0v) is 17.2. The third-order valence-corrected chi connectivity index (χ3v) is 5.44. The molecule has 0 bridgehead atoms. The smallest absolute Gasteiger partial charge is 0.231 e. The Morgan fingerprint density at radius 3 is 2.96 bits per heavy atom.